The highest BCUT2D eigenvalue weighted by Gasteiger charge is 2.19. The predicted octanol–water partition coefficient (Wildman–Crippen LogP) is 2.63. The molecule has 0 bridgehead atoms. The Balaban J connectivity index is 1.81. The number of nitrogens with zero attached hydrogens (tertiary/aromatic N) is 1. The smallest absolute Gasteiger partial charge is 0.221 e. The first kappa shape index (κ1) is 17.9. The van der Waals surface area contributed by atoms with Crippen LogP contribution in [-0.2, 0) is 21.1 Å². The fourth-order valence-corrected chi connectivity index (χ4v) is 4.44. The minimum absolute atomic E-state index is 0.0624. The first-order valence-corrected chi connectivity index (χ1v) is 9.94. The summed E-state index contributed by atoms with van der Waals surface area (Å²) < 4.78 is 24.4. The van der Waals surface area contributed by atoms with Crippen molar-refractivity contribution in [1.29, 1.82) is 0 Å². The molecule has 5 nitrogen and oxygen atoms in total. The molecule has 1 amide bonds. The van der Waals surface area contributed by atoms with Gasteiger partial charge in [0, 0.05) is 24.8 Å². The number of thiazole rings is 1. The minimum Gasteiger partial charge on any atom is -0.356 e. The van der Waals surface area contributed by atoms with Crippen molar-refractivity contribution in [1.82, 2.24) is 10.3 Å². The number of rotatable bonds is 7. The van der Waals surface area contributed by atoms with Gasteiger partial charge in [0.15, 0.2) is 9.84 Å². The fourth-order valence-electron chi connectivity index (χ4n) is 1.98. The summed E-state index contributed by atoms with van der Waals surface area (Å²) in [7, 11) is -3.56. The van der Waals surface area contributed by atoms with E-state index in [2.05, 4.69) is 10.3 Å². The van der Waals surface area contributed by atoms with E-state index < -0.39 is 9.84 Å². The highest BCUT2D eigenvalue weighted by molar-refractivity contribution is 7.91. The molecule has 1 aromatic heterocycles. The lowest BCUT2D eigenvalue weighted by atomic mass is 10.3. The Morgan fingerprint density at radius 2 is 2.09 bits per heavy atom. The highest BCUT2D eigenvalue weighted by atomic mass is 35.5. The van der Waals surface area contributed by atoms with Crippen LogP contribution in [0.5, 0.6) is 0 Å². The lowest BCUT2D eigenvalue weighted by Crippen LogP contribution is -2.27. The lowest BCUT2D eigenvalue weighted by Gasteiger charge is -2.07. The molecule has 0 radical (unpaired) electrons. The topological polar surface area (TPSA) is 76.1 Å². The second-order valence-electron chi connectivity index (χ2n) is 4.96. The number of hydrogen-bond acceptors (Lipinski definition) is 5. The number of benzene rings is 1. The van der Waals surface area contributed by atoms with Gasteiger partial charge >= 0.3 is 0 Å². The number of nitrogens with one attached hydrogen (secondary N) is 1. The Labute approximate surface area is 144 Å². The fraction of sp³-hybridized carbons (Fsp3) is 0.333. The molecule has 0 spiro atoms. The van der Waals surface area contributed by atoms with Gasteiger partial charge in [-0.3, -0.25) is 4.79 Å². The third-order valence-corrected chi connectivity index (χ3v) is 6.17. The Morgan fingerprint density at radius 3 is 2.74 bits per heavy atom. The van der Waals surface area contributed by atoms with Gasteiger partial charge in [0.2, 0.25) is 5.91 Å². The van der Waals surface area contributed by atoms with E-state index in [1.807, 2.05) is 12.3 Å². The monoisotopic (exact) mass is 372 g/mol. The second-order valence-corrected chi connectivity index (χ2v) is 8.50. The number of aromatic nitrogens is 1. The summed E-state index contributed by atoms with van der Waals surface area (Å²) in [5.74, 6) is -0.564. The summed E-state index contributed by atoms with van der Waals surface area (Å²) in [4.78, 5) is 16.1. The molecule has 0 aliphatic heterocycles. The Hall–Kier alpha value is -1.44. The maximum atomic E-state index is 12.2. The highest BCUT2D eigenvalue weighted by Crippen LogP contribution is 2.22. The van der Waals surface area contributed by atoms with E-state index in [1.54, 1.807) is 23.5 Å². The summed E-state index contributed by atoms with van der Waals surface area (Å²) in [6.45, 7) is 2.36. The van der Waals surface area contributed by atoms with Gasteiger partial charge in [-0.2, -0.15) is 0 Å². The number of hydrogen-bond donors (Lipinski definition) is 1. The molecule has 23 heavy (non-hydrogen) atoms. The number of carbonyl (C=O) groups is 1. The zero-order valence-electron chi connectivity index (χ0n) is 12.6. The molecule has 1 N–H and O–H groups in total. The van der Waals surface area contributed by atoms with Crippen LogP contribution in [0.3, 0.4) is 0 Å². The van der Waals surface area contributed by atoms with Crippen molar-refractivity contribution in [2.75, 3.05) is 12.3 Å². The summed E-state index contributed by atoms with van der Waals surface area (Å²) in [6.07, 6.45) is 0.539. The quantitative estimate of drug-likeness (QED) is 0.810. The minimum atomic E-state index is -3.56. The van der Waals surface area contributed by atoms with E-state index in [-0.39, 0.29) is 28.0 Å². The summed E-state index contributed by atoms with van der Waals surface area (Å²) in [5.41, 5.74) is 0.927. The molecule has 0 saturated heterocycles. The summed E-state index contributed by atoms with van der Waals surface area (Å²) in [5, 5.41) is 5.81. The lowest BCUT2D eigenvalue weighted by molar-refractivity contribution is -0.120. The van der Waals surface area contributed by atoms with E-state index in [0.717, 1.165) is 10.7 Å². The summed E-state index contributed by atoms with van der Waals surface area (Å²) >= 11 is 7.45. The Bertz CT molecular complexity index is 788. The summed E-state index contributed by atoms with van der Waals surface area (Å²) in [6, 6.07) is 6.23. The predicted molar refractivity (Wildman–Crippen MR) is 91.7 cm³/mol. The normalized spacial score (nSPS) is 11.4. The average molecular weight is 373 g/mol. The Kier molecular flexibility index (Phi) is 6.15. The van der Waals surface area contributed by atoms with Crippen LogP contribution >= 0.6 is 22.9 Å². The van der Waals surface area contributed by atoms with Crippen molar-refractivity contribution in [3.63, 3.8) is 0 Å². The van der Waals surface area contributed by atoms with Crippen molar-refractivity contribution < 1.29 is 13.2 Å². The molecule has 8 heteroatoms. The third kappa shape index (κ3) is 5.30. The molecule has 0 aliphatic carbocycles. The maximum absolute atomic E-state index is 12.2. The molecule has 0 aliphatic rings. The van der Waals surface area contributed by atoms with Gasteiger partial charge in [-0.25, -0.2) is 13.4 Å². The molecule has 2 aromatic rings. The first-order chi connectivity index (χ1) is 10.9. The van der Waals surface area contributed by atoms with Gasteiger partial charge in [-0.15, -0.1) is 11.3 Å². The number of carbonyl (C=O) groups excluding carboxylic acids is 1. The standard InChI is InChI=1S/C15H17ClN2O3S2/c1-11-18-12(10-22-11)6-8-17-15(19)7-9-23(20,21)14-5-3-2-4-13(14)16/h2-5,10H,6-9H2,1H3,(H,17,19). The van der Waals surface area contributed by atoms with Gasteiger partial charge in [0.05, 0.1) is 26.4 Å². The number of sulfone groups is 1. The SMILES string of the molecule is Cc1nc(CCNC(=O)CCS(=O)(=O)c2ccccc2Cl)cs1. The number of aryl methyl sites for hydroxylation is 1. The Morgan fingerprint density at radius 1 is 1.35 bits per heavy atom. The molecule has 124 valence electrons. The van der Waals surface area contributed by atoms with E-state index >= 15 is 0 Å². The van der Waals surface area contributed by atoms with Gasteiger partial charge in [-0.05, 0) is 19.1 Å². The number of halogens is 1. The molecular formula is C15H17ClN2O3S2. The first-order valence-electron chi connectivity index (χ1n) is 7.03. The third-order valence-electron chi connectivity index (χ3n) is 3.14. The van der Waals surface area contributed by atoms with E-state index in [4.69, 9.17) is 11.6 Å². The van der Waals surface area contributed by atoms with Gasteiger partial charge in [0.25, 0.3) is 0 Å². The molecule has 0 saturated carbocycles. The van der Waals surface area contributed by atoms with E-state index in [0.29, 0.717) is 13.0 Å². The molecule has 1 heterocycles. The van der Waals surface area contributed by atoms with E-state index in [1.165, 1.54) is 12.1 Å². The molecular weight excluding hydrogens is 356 g/mol. The van der Waals surface area contributed by atoms with Gasteiger partial charge in [0.1, 0.15) is 0 Å². The van der Waals surface area contributed by atoms with Crippen LogP contribution in [0.25, 0.3) is 0 Å². The van der Waals surface area contributed by atoms with Gasteiger partial charge < -0.3 is 5.32 Å². The van der Waals surface area contributed by atoms with Crippen LogP contribution < -0.4 is 5.32 Å². The van der Waals surface area contributed by atoms with Crippen molar-refractivity contribution in [3.8, 4) is 0 Å². The molecule has 0 unspecified atom stereocenters. The van der Waals surface area contributed by atoms with Crippen LogP contribution in [-0.4, -0.2) is 31.6 Å². The molecule has 2 rings (SSSR count). The van der Waals surface area contributed by atoms with Crippen LogP contribution in [0.1, 0.15) is 17.1 Å². The van der Waals surface area contributed by atoms with Crippen molar-refractivity contribution >= 4 is 38.7 Å². The van der Waals surface area contributed by atoms with Crippen molar-refractivity contribution in [2.45, 2.75) is 24.7 Å². The van der Waals surface area contributed by atoms with Gasteiger partial charge in [-0.1, -0.05) is 23.7 Å². The van der Waals surface area contributed by atoms with E-state index in [9.17, 15) is 13.2 Å². The number of amides is 1. The maximum Gasteiger partial charge on any atom is 0.221 e. The molecule has 0 fully saturated rings. The largest absolute Gasteiger partial charge is 0.356 e. The van der Waals surface area contributed by atoms with Crippen LogP contribution in [0.2, 0.25) is 5.02 Å². The molecule has 1 aromatic carbocycles. The zero-order valence-corrected chi connectivity index (χ0v) is 15.0. The zero-order chi connectivity index (χ0) is 16.9. The average Bonchev–Trinajstić information content (AvgIpc) is 2.91. The van der Waals surface area contributed by atoms with Crippen LogP contribution in [0, 0.1) is 6.92 Å². The van der Waals surface area contributed by atoms with Crippen LogP contribution in [0.4, 0.5) is 0 Å². The van der Waals surface area contributed by atoms with Crippen LogP contribution in [0.15, 0.2) is 34.5 Å². The second kappa shape index (κ2) is 7.90. The molecule has 0 atom stereocenters. The van der Waals surface area contributed by atoms with Crippen molar-refractivity contribution in [2.24, 2.45) is 0 Å². The van der Waals surface area contributed by atoms with Crippen molar-refractivity contribution in [3.05, 3.63) is 45.4 Å².